The Hall–Kier alpha value is -3.65. The Kier molecular flexibility index (Phi) is 8.38. The smallest absolute Gasteiger partial charge is 0.279 e. The number of hydrogen-bond acceptors (Lipinski definition) is 6. The molecule has 9 heteroatoms. The molecular weight excluding hydrogens is 480 g/mol. The average molecular weight is 509 g/mol. The van der Waals surface area contributed by atoms with Gasteiger partial charge in [-0.3, -0.25) is 19.5 Å². The maximum atomic E-state index is 13.9. The van der Waals surface area contributed by atoms with Gasteiger partial charge < -0.3 is 14.8 Å². The summed E-state index contributed by atoms with van der Waals surface area (Å²) < 4.78 is 10.9. The maximum absolute atomic E-state index is 13.9. The van der Waals surface area contributed by atoms with Crippen molar-refractivity contribution in [3.05, 3.63) is 77.3 Å². The number of methoxy groups -OCH3 is 2. The summed E-state index contributed by atoms with van der Waals surface area (Å²) >= 11 is 6.14. The molecule has 0 bridgehead atoms. The minimum Gasteiger partial charge on any atom is -0.493 e. The predicted octanol–water partition coefficient (Wildman–Crippen LogP) is 4.98. The summed E-state index contributed by atoms with van der Waals surface area (Å²) in [6.07, 6.45) is 9.42. The van der Waals surface area contributed by atoms with Crippen molar-refractivity contribution in [3.63, 3.8) is 0 Å². The van der Waals surface area contributed by atoms with Gasteiger partial charge >= 0.3 is 0 Å². The van der Waals surface area contributed by atoms with Crippen molar-refractivity contribution >= 4 is 29.1 Å². The summed E-state index contributed by atoms with van der Waals surface area (Å²) in [4.78, 5) is 37.5. The Morgan fingerprint density at radius 1 is 1.00 bits per heavy atom. The van der Waals surface area contributed by atoms with Gasteiger partial charge in [-0.25, -0.2) is 4.98 Å². The van der Waals surface area contributed by atoms with Crippen LogP contribution in [0.25, 0.3) is 0 Å². The van der Waals surface area contributed by atoms with Gasteiger partial charge in [0.1, 0.15) is 11.7 Å². The monoisotopic (exact) mass is 508 g/mol. The molecule has 1 N–H and O–H groups in total. The van der Waals surface area contributed by atoms with Gasteiger partial charge in [0.2, 0.25) is 5.91 Å². The van der Waals surface area contributed by atoms with E-state index in [0.29, 0.717) is 27.8 Å². The van der Waals surface area contributed by atoms with Crippen LogP contribution in [0.3, 0.4) is 0 Å². The average Bonchev–Trinajstić information content (AvgIpc) is 2.92. The Morgan fingerprint density at radius 3 is 2.36 bits per heavy atom. The Bertz CT molecular complexity index is 1180. The molecule has 1 saturated carbocycles. The molecule has 2 amide bonds. The van der Waals surface area contributed by atoms with E-state index in [1.54, 1.807) is 49.6 Å². The summed E-state index contributed by atoms with van der Waals surface area (Å²) in [6.45, 7) is 0. The number of aromatic nitrogens is 2. The number of hydrogen-bond donors (Lipinski definition) is 1. The number of amides is 2. The van der Waals surface area contributed by atoms with Crippen molar-refractivity contribution in [1.29, 1.82) is 0 Å². The summed E-state index contributed by atoms with van der Waals surface area (Å²) in [5.41, 5.74) is 1.17. The van der Waals surface area contributed by atoms with E-state index in [1.165, 1.54) is 30.6 Å². The Morgan fingerprint density at radius 2 is 1.72 bits per heavy atom. The molecule has 4 rings (SSSR count). The summed E-state index contributed by atoms with van der Waals surface area (Å²) in [6, 6.07) is 11.0. The molecule has 1 aliphatic carbocycles. The number of benzene rings is 2. The normalized spacial score (nSPS) is 14.5. The third-order valence-corrected chi connectivity index (χ3v) is 6.54. The lowest BCUT2D eigenvalue weighted by atomic mass is 9.94. The van der Waals surface area contributed by atoms with Gasteiger partial charge in [0.15, 0.2) is 11.5 Å². The first-order chi connectivity index (χ1) is 17.5. The molecule has 1 aromatic heterocycles. The van der Waals surface area contributed by atoms with Crippen LogP contribution in [0.5, 0.6) is 11.5 Å². The highest BCUT2D eigenvalue weighted by Gasteiger charge is 2.35. The van der Waals surface area contributed by atoms with Crippen molar-refractivity contribution in [1.82, 2.24) is 15.3 Å². The van der Waals surface area contributed by atoms with Crippen LogP contribution in [-0.4, -0.2) is 42.0 Å². The second-order valence-electron chi connectivity index (χ2n) is 8.60. The molecule has 0 aliphatic heterocycles. The summed E-state index contributed by atoms with van der Waals surface area (Å²) in [5, 5.41) is 3.70. The van der Waals surface area contributed by atoms with Gasteiger partial charge in [0, 0.05) is 29.1 Å². The first-order valence-electron chi connectivity index (χ1n) is 11.9. The second-order valence-corrected chi connectivity index (χ2v) is 9.04. The van der Waals surface area contributed by atoms with E-state index in [0.717, 1.165) is 32.1 Å². The number of ether oxygens (including phenoxy) is 2. The first kappa shape index (κ1) is 25.4. The van der Waals surface area contributed by atoms with Crippen LogP contribution in [-0.2, 0) is 4.79 Å². The second kappa shape index (κ2) is 11.9. The zero-order valence-electron chi connectivity index (χ0n) is 20.3. The fourth-order valence-electron chi connectivity index (χ4n) is 4.49. The first-order valence-corrected chi connectivity index (χ1v) is 12.3. The zero-order valence-corrected chi connectivity index (χ0v) is 21.1. The molecule has 8 nitrogen and oxygen atoms in total. The number of anilines is 1. The van der Waals surface area contributed by atoms with Crippen LogP contribution < -0.4 is 19.7 Å². The fraction of sp³-hybridized carbons (Fsp3) is 0.333. The maximum Gasteiger partial charge on any atom is 0.279 e. The van der Waals surface area contributed by atoms with Gasteiger partial charge in [-0.05, 0) is 54.8 Å². The van der Waals surface area contributed by atoms with Crippen LogP contribution in [0.1, 0.15) is 54.2 Å². The highest BCUT2D eigenvalue weighted by atomic mass is 35.5. The standard InChI is InChI=1S/C27H29ClN4O4/c1-35-23-13-8-18(16-24(23)36-2)25(26(33)31-20-6-4-3-5-7-20)32(21-11-9-19(28)10-12-21)27(34)22-17-29-14-15-30-22/h8-17,20,25H,3-7H2,1-2H3,(H,31,33). The molecule has 3 aromatic rings. The minimum atomic E-state index is -1.01. The van der Waals surface area contributed by atoms with Crippen LogP contribution in [0.2, 0.25) is 5.02 Å². The van der Waals surface area contributed by atoms with Crippen molar-refractivity contribution < 1.29 is 19.1 Å². The van der Waals surface area contributed by atoms with Crippen molar-refractivity contribution in [2.75, 3.05) is 19.1 Å². The molecule has 1 aliphatic rings. The van der Waals surface area contributed by atoms with Gasteiger partial charge in [0.25, 0.3) is 5.91 Å². The number of carbonyl (C=O) groups is 2. The molecule has 1 atom stereocenters. The molecule has 188 valence electrons. The molecule has 0 spiro atoms. The zero-order chi connectivity index (χ0) is 25.5. The number of nitrogens with zero attached hydrogens (tertiary/aromatic N) is 3. The lowest BCUT2D eigenvalue weighted by Crippen LogP contribution is -2.47. The fourth-order valence-corrected chi connectivity index (χ4v) is 4.61. The van der Waals surface area contributed by atoms with Crippen molar-refractivity contribution in [3.8, 4) is 11.5 Å². The largest absolute Gasteiger partial charge is 0.493 e. The van der Waals surface area contributed by atoms with E-state index in [4.69, 9.17) is 21.1 Å². The van der Waals surface area contributed by atoms with E-state index in [9.17, 15) is 9.59 Å². The molecule has 1 unspecified atom stereocenters. The highest BCUT2D eigenvalue weighted by Crippen LogP contribution is 2.35. The third kappa shape index (κ3) is 5.76. The molecule has 0 radical (unpaired) electrons. The number of rotatable bonds is 8. The lowest BCUT2D eigenvalue weighted by molar-refractivity contribution is -0.123. The Labute approximate surface area is 215 Å². The van der Waals surface area contributed by atoms with E-state index in [1.807, 2.05) is 0 Å². The number of carbonyl (C=O) groups excluding carboxylic acids is 2. The molecule has 1 fully saturated rings. The predicted molar refractivity (Wildman–Crippen MR) is 138 cm³/mol. The third-order valence-electron chi connectivity index (χ3n) is 6.29. The van der Waals surface area contributed by atoms with E-state index < -0.39 is 11.9 Å². The van der Waals surface area contributed by atoms with E-state index >= 15 is 0 Å². The van der Waals surface area contributed by atoms with Gasteiger partial charge in [-0.1, -0.05) is 36.9 Å². The number of halogens is 1. The molecule has 1 heterocycles. The summed E-state index contributed by atoms with van der Waals surface area (Å²) in [7, 11) is 3.07. The number of nitrogens with one attached hydrogen (secondary N) is 1. The van der Waals surface area contributed by atoms with Crippen LogP contribution >= 0.6 is 11.6 Å². The molecular formula is C27H29ClN4O4. The van der Waals surface area contributed by atoms with Crippen LogP contribution in [0.15, 0.2) is 61.1 Å². The van der Waals surface area contributed by atoms with Crippen molar-refractivity contribution in [2.45, 2.75) is 44.2 Å². The molecule has 0 saturated heterocycles. The SMILES string of the molecule is COc1ccc(C(C(=O)NC2CCCCC2)N(C(=O)c2cnccn2)c2ccc(Cl)cc2)cc1OC. The van der Waals surface area contributed by atoms with Gasteiger partial charge in [-0.2, -0.15) is 0 Å². The molecule has 2 aromatic carbocycles. The van der Waals surface area contributed by atoms with E-state index in [2.05, 4.69) is 15.3 Å². The van der Waals surface area contributed by atoms with Crippen molar-refractivity contribution in [2.24, 2.45) is 0 Å². The minimum absolute atomic E-state index is 0.0487. The summed E-state index contributed by atoms with van der Waals surface area (Å²) in [5.74, 6) is 0.213. The lowest BCUT2D eigenvalue weighted by Gasteiger charge is -2.33. The van der Waals surface area contributed by atoms with Gasteiger partial charge in [0.05, 0.1) is 20.4 Å². The van der Waals surface area contributed by atoms with E-state index in [-0.39, 0.29) is 17.6 Å². The van der Waals surface area contributed by atoms with Crippen LogP contribution in [0, 0.1) is 0 Å². The Balaban J connectivity index is 1.84. The molecule has 36 heavy (non-hydrogen) atoms. The topological polar surface area (TPSA) is 93.7 Å². The highest BCUT2D eigenvalue weighted by molar-refractivity contribution is 6.30. The quantitative estimate of drug-likeness (QED) is 0.461. The van der Waals surface area contributed by atoms with Gasteiger partial charge in [-0.15, -0.1) is 0 Å². The van der Waals surface area contributed by atoms with Crippen LogP contribution in [0.4, 0.5) is 5.69 Å².